The second-order valence-corrected chi connectivity index (χ2v) is 5.37. The second kappa shape index (κ2) is 5.63. The Kier molecular flexibility index (Phi) is 4.14. The van der Waals surface area contributed by atoms with Crippen molar-refractivity contribution in [3.63, 3.8) is 0 Å². The van der Waals surface area contributed by atoms with Crippen LogP contribution in [0.15, 0.2) is 12.1 Å². The lowest BCUT2D eigenvalue weighted by molar-refractivity contribution is 0.263. The molecule has 0 unspecified atom stereocenters. The summed E-state index contributed by atoms with van der Waals surface area (Å²) in [5, 5.41) is 3.49. The minimum atomic E-state index is 0.401. The Labute approximate surface area is 114 Å². The molecule has 18 heavy (non-hydrogen) atoms. The molecule has 0 amide bonds. The summed E-state index contributed by atoms with van der Waals surface area (Å²) in [7, 11) is 2.15. The van der Waals surface area contributed by atoms with E-state index < -0.39 is 0 Å². The molecule has 0 bridgehead atoms. The number of thiocarbonyl (C=S) groups is 1. The van der Waals surface area contributed by atoms with E-state index in [4.69, 9.17) is 18.0 Å². The zero-order chi connectivity index (χ0) is 13.1. The van der Waals surface area contributed by atoms with Crippen LogP contribution in [0.1, 0.15) is 24.1 Å². The maximum Gasteiger partial charge on any atom is 0.136 e. The van der Waals surface area contributed by atoms with Crippen LogP contribution in [0, 0.1) is 6.92 Å². The Balaban J connectivity index is 2.12. The molecule has 1 aromatic heterocycles. The van der Waals surface area contributed by atoms with Gasteiger partial charge in [-0.2, -0.15) is 0 Å². The molecule has 3 N–H and O–H groups in total. The van der Waals surface area contributed by atoms with Crippen molar-refractivity contribution in [1.82, 2.24) is 9.88 Å². The van der Waals surface area contributed by atoms with E-state index in [1.807, 2.05) is 19.1 Å². The van der Waals surface area contributed by atoms with Gasteiger partial charge in [0.1, 0.15) is 10.8 Å². The van der Waals surface area contributed by atoms with Gasteiger partial charge in [0, 0.05) is 11.7 Å². The van der Waals surface area contributed by atoms with Crippen LogP contribution in [0.5, 0.6) is 0 Å². The van der Waals surface area contributed by atoms with E-state index in [1.54, 1.807) is 0 Å². The first-order valence-electron chi connectivity index (χ1n) is 6.29. The molecule has 98 valence electrons. The van der Waals surface area contributed by atoms with Crippen molar-refractivity contribution in [2.24, 2.45) is 5.73 Å². The maximum absolute atomic E-state index is 5.74. The van der Waals surface area contributed by atoms with Gasteiger partial charge in [0.05, 0.1) is 5.56 Å². The van der Waals surface area contributed by atoms with Gasteiger partial charge in [-0.15, -0.1) is 0 Å². The minimum absolute atomic E-state index is 0.401. The summed E-state index contributed by atoms with van der Waals surface area (Å²) < 4.78 is 0. The number of rotatable bonds is 3. The summed E-state index contributed by atoms with van der Waals surface area (Å²) in [6.45, 7) is 4.21. The standard InChI is InChI=1S/C13H20N4S/c1-9-3-4-11(12(14)18)13(15-9)16-10-5-7-17(2)8-6-10/h3-4,10H,5-8H2,1-2H3,(H2,14,18)(H,15,16). The van der Waals surface area contributed by atoms with Gasteiger partial charge in [-0.3, -0.25) is 0 Å². The van der Waals surface area contributed by atoms with Crippen LogP contribution >= 0.6 is 12.2 Å². The van der Waals surface area contributed by atoms with E-state index in [0.717, 1.165) is 43.0 Å². The molecule has 4 nitrogen and oxygen atoms in total. The zero-order valence-electron chi connectivity index (χ0n) is 10.9. The highest BCUT2D eigenvalue weighted by Crippen LogP contribution is 2.18. The van der Waals surface area contributed by atoms with Crippen molar-refractivity contribution in [3.05, 3.63) is 23.4 Å². The Morgan fingerprint density at radius 3 is 2.72 bits per heavy atom. The van der Waals surface area contributed by atoms with Crippen molar-refractivity contribution in [2.75, 3.05) is 25.5 Å². The highest BCUT2D eigenvalue weighted by Gasteiger charge is 2.18. The number of likely N-dealkylation sites (tertiary alicyclic amines) is 1. The number of nitrogens with one attached hydrogen (secondary N) is 1. The second-order valence-electron chi connectivity index (χ2n) is 4.93. The first kappa shape index (κ1) is 13.2. The van der Waals surface area contributed by atoms with Gasteiger partial charge in [-0.25, -0.2) is 4.98 Å². The summed E-state index contributed by atoms with van der Waals surface area (Å²) in [5.41, 5.74) is 7.55. The Hall–Kier alpha value is -1.20. The minimum Gasteiger partial charge on any atom is -0.389 e. The summed E-state index contributed by atoms with van der Waals surface area (Å²) in [5.74, 6) is 0.831. The van der Waals surface area contributed by atoms with Crippen LogP contribution < -0.4 is 11.1 Å². The molecule has 2 rings (SSSR count). The number of hydrogen-bond donors (Lipinski definition) is 2. The highest BCUT2D eigenvalue weighted by atomic mass is 32.1. The normalized spacial score (nSPS) is 17.7. The van der Waals surface area contributed by atoms with Crippen LogP contribution in [0.2, 0.25) is 0 Å². The molecule has 0 spiro atoms. The Morgan fingerprint density at radius 2 is 2.11 bits per heavy atom. The lowest BCUT2D eigenvalue weighted by Gasteiger charge is -2.30. The van der Waals surface area contributed by atoms with Crippen molar-refractivity contribution in [3.8, 4) is 0 Å². The summed E-state index contributed by atoms with van der Waals surface area (Å²) in [4.78, 5) is 7.26. The first-order valence-corrected chi connectivity index (χ1v) is 6.69. The Bertz CT molecular complexity index is 439. The molecule has 0 saturated carbocycles. The number of nitrogens with zero attached hydrogens (tertiary/aromatic N) is 2. The van der Waals surface area contributed by atoms with Gasteiger partial charge >= 0.3 is 0 Å². The topological polar surface area (TPSA) is 54.2 Å². The third-order valence-corrected chi connectivity index (χ3v) is 3.58. The summed E-state index contributed by atoms with van der Waals surface area (Å²) in [6, 6.07) is 4.35. The monoisotopic (exact) mass is 264 g/mol. The van der Waals surface area contributed by atoms with E-state index in [0.29, 0.717) is 11.0 Å². The van der Waals surface area contributed by atoms with Gasteiger partial charge in [0.2, 0.25) is 0 Å². The van der Waals surface area contributed by atoms with Gasteiger partial charge < -0.3 is 16.0 Å². The van der Waals surface area contributed by atoms with Gasteiger partial charge in [-0.1, -0.05) is 12.2 Å². The molecular weight excluding hydrogens is 244 g/mol. The fourth-order valence-corrected chi connectivity index (χ4v) is 2.38. The molecule has 1 aliphatic rings. The third kappa shape index (κ3) is 3.17. The van der Waals surface area contributed by atoms with E-state index in [9.17, 15) is 0 Å². The fourth-order valence-electron chi connectivity index (χ4n) is 2.21. The van der Waals surface area contributed by atoms with Crippen molar-refractivity contribution in [1.29, 1.82) is 0 Å². The number of aromatic nitrogens is 1. The van der Waals surface area contributed by atoms with E-state index in [1.165, 1.54) is 0 Å². The van der Waals surface area contributed by atoms with Crippen LogP contribution in [0.3, 0.4) is 0 Å². The molecule has 0 radical (unpaired) electrons. The first-order chi connectivity index (χ1) is 8.56. The van der Waals surface area contributed by atoms with Crippen molar-refractivity contribution < 1.29 is 0 Å². The average Bonchev–Trinajstić information content (AvgIpc) is 2.32. The van der Waals surface area contributed by atoms with Crippen molar-refractivity contribution >= 4 is 23.0 Å². The number of nitrogens with two attached hydrogens (primary N) is 1. The molecule has 0 aromatic carbocycles. The molecule has 2 heterocycles. The molecular formula is C13H20N4S. The van der Waals surface area contributed by atoms with E-state index >= 15 is 0 Å². The molecule has 0 atom stereocenters. The fraction of sp³-hybridized carbons (Fsp3) is 0.538. The van der Waals surface area contributed by atoms with Gasteiger partial charge in [0.25, 0.3) is 0 Å². The SMILES string of the molecule is Cc1ccc(C(N)=S)c(NC2CCN(C)CC2)n1. The lowest BCUT2D eigenvalue weighted by atomic mass is 10.1. The van der Waals surface area contributed by atoms with Crippen LogP contribution in [-0.4, -0.2) is 41.1 Å². The van der Waals surface area contributed by atoms with Gasteiger partial charge in [-0.05, 0) is 52.0 Å². The number of anilines is 1. The molecule has 1 aromatic rings. The molecule has 1 aliphatic heterocycles. The quantitative estimate of drug-likeness (QED) is 0.811. The molecule has 0 aliphatic carbocycles. The maximum atomic E-state index is 5.74. The molecule has 1 fully saturated rings. The summed E-state index contributed by atoms with van der Waals surface area (Å²) >= 11 is 5.07. The predicted molar refractivity (Wildman–Crippen MR) is 79.0 cm³/mol. The number of pyridine rings is 1. The van der Waals surface area contributed by atoms with Crippen LogP contribution in [-0.2, 0) is 0 Å². The van der Waals surface area contributed by atoms with E-state index in [-0.39, 0.29) is 0 Å². The highest BCUT2D eigenvalue weighted by molar-refractivity contribution is 7.80. The van der Waals surface area contributed by atoms with E-state index in [2.05, 4.69) is 22.2 Å². The largest absolute Gasteiger partial charge is 0.389 e. The summed E-state index contributed by atoms with van der Waals surface area (Å²) in [6.07, 6.45) is 2.26. The van der Waals surface area contributed by atoms with Crippen LogP contribution in [0.25, 0.3) is 0 Å². The average molecular weight is 264 g/mol. The lowest BCUT2D eigenvalue weighted by Crippen LogP contribution is -2.37. The molecule has 5 heteroatoms. The number of aryl methyl sites for hydroxylation is 1. The predicted octanol–water partition coefficient (Wildman–Crippen LogP) is 1.53. The molecule has 1 saturated heterocycles. The van der Waals surface area contributed by atoms with Crippen molar-refractivity contribution in [2.45, 2.75) is 25.8 Å². The van der Waals surface area contributed by atoms with Gasteiger partial charge in [0.15, 0.2) is 0 Å². The smallest absolute Gasteiger partial charge is 0.136 e. The third-order valence-electron chi connectivity index (χ3n) is 3.36. The number of piperidine rings is 1. The van der Waals surface area contributed by atoms with Crippen LogP contribution in [0.4, 0.5) is 5.82 Å². The number of hydrogen-bond acceptors (Lipinski definition) is 4. The Morgan fingerprint density at radius 1 is 1.44 bits per heavy atom. The zero-order valence-corrected chi connectivity index (χ0v) is 11.8.